The van der Waals surface area contributed by atoms with E-state index in [-0.39, 0.29) is 17.9 Å². The lowest BCUT2D eigenvalue weighted by Crippen LogP contribution is -2.31. The van der Waals surface area contributed by atoms with Gasteiger partial charge in [0.15, 0.2) is 0 Å². The molecule has 3 atom stereocenters. The SMILES string of the molecule is Cc1ccc(C(=O)N2CC3CCC(O)C3C2)c(N)c1. The molecule has 19 heavy (non-hydrogen) atoms. The zero-order valence-corrected chi connectivity index (χ0v) is 11.2. The van der Waals surface area contributed by atoms with Gasteiger partial charge in [0.25, 0.3) is 5.91 Å². The van der Waals surface area contributed by atoms with Crippen LogP contribution in [-0.2, 0) is 0 Å². The number of nitrogens with zero attached hydrogens (tertiary/aromatic N) is 1. The summed E-state index contributed by atoms with van der Waals surface area (Å²) in [6.45, 7) is 3.38. The first-order valence-electron chi connectivity index (χ1n) is 6.89. The molecule has 4 nitrogen and oxygen atoms in total. The summed E-state index contributed by atoms with van der Waals surface area (Å²) in [7, 11) is 0. The van der Waals surface area contributed by atoms with Crippen molar-refractivity contribution in [2.45, 2.75) is 25.9 Å². The number of hydrogen-bond acceptors (Lipinski definition) is 3. The van der Waals surface area contributed by atoms with E-state index in [4.69, 9.17) is 5.73 Å². The summed E-state index contributed by atoms with van der Waals surface area (Å²) in [5.41, 5.74) is 8.12. The zero-order valence-electron chi connectivity index (χ0n) is 11.2. The summed E-state index contributed by atoms with van der Waals surface area (Å²) in [6.07, 6.45) is 1.67. The van der Waals surface area contributed by atoms with Crippen LogP contribution in [0.4, 0.5) is 5.69 Å². The molecule has 102 valence electrons. The lowest BCUT2D eigenvalue weighted by molar-refractivity contribution is 0.0753. The molecule has 1 saturated heterocycles. The molecule has 2 aliphatic rings. The van der Waals surface area contributed by atoms with Crippen LogP contribution in [0.25, 0.3) is 0 Å². The van der Waals surface area contributed by atoms with Crippen molar-refractivity contribution in [3.8, 4) is 0 Å². The number of nitrogens with two attached hydrogens (primary N) is 1. The molecule has 3 N–H and O–H groups in total. The van der Waals surface area contributed by atoms with E-state index in [0.717, 1.165) is 24.9 Å². The number of carbonyl (C=O) groups excluding carboxylic acids is 1. The van der Waals surface area contributed by atoms with Gasteiger partial charge in [-0.2, -0.15) is 0 Å². The number of aryl methyl sites for hydroxylation is 1. The number of benzene rings is 1. The summed E-state index contributed by atoms with van der Waals surface area (Å²) in [5, 5.41) is 9.90. The second kappa shape index (κ2) is 4.53. The van der Waals surface area contributed by atoms with Gasteiger partial charge in [-0.25, -0.2) is 0 Å². The second-order valence-electron chi connectivity index (χ2n) is 5.87. The number of anilines is 1. The zero-order chi connectivity index (χ0) is 13.6. The maximum absolute atomic E-state index is 12.5. The monoisotopic (exact) mass is 260 g/mol. The first kappa shape index (κ1) is 12.5. The average Bonchev–Trinajstić information content (AvgIpc) is 2.91. The number of nitrogen functional groups attached to an aromatic ring is 1. The van der Waals surface area contributed by atoms with Gasteiger partial charge in [0, 0.05) is 24.7 Å². The van der Waals surface area contributed by atoms with Crippen LogP contribution in [0.1, 0.15) is 28.8 Å². The third-order valence-electron chi connectivity index (χ3n) is 4.54. The Morgan fingerprint density at radius 2 is 2.16 bits per heavy atom. The second-order valence-corrected chi connectivity index (χ2v) is 5.87. The Labute approximate surface area is 113 Å². The first-order valence-corrected chi connectivity index (χ1v) is 6.89. The number of aliphatic hydroxyl groups is 1. The molecule has 1 saturated carbocycles. The summed E-state index contributed by atoms with van der Waals surface area (Å²) < 4.78 is 0. The molecular formula is C15H20N2O2. The molecule has 1 aliphatic heterocycles. The van der Waals surface area contributed by atoms with Crippen LogP contribution in [-0.4, -0.2) is 35.1 Å². The minimum absolute atomic E-state index is 0.000833. The fraction of sp³-hybridized carbons (Fsp3) is 0.533. The molecule has 4 heteroatoms. The van der Waals surface area contributed by atoms with Gasteiger partial charge in [-0.15, -0.1) is 0 Å². The first-order chi connectivity index (χ1) is 9.06. The highest BCUT2D eigenvalue weighted by Gasteiger charge is 2.43. The molecular weight excluding hydrogens is 240 g/mol. The Morgan fingerprint density at radius 3 is 2.84 bits per heavy atom. The third kappa shape index (κ3) is 2.10. The molecule has 1 heterocycles. The van der Waals surface area contributed by atoms with Crippen molar-refractivity contribution in [2.75, 3.05) is 18.8 Å². The largest absolute Gasteiger partial charge is 0.398 e. The summed E-state index contributed by atoms with van der Waals surface area (Å²) in [6, 6.07) is 5.55. The normalized spacial score (nSPS) is 29.6. The number of aliphatic hydroxyl groups excluding tert-OH is 1. The lowest BCUT2D eigenvalue weighted by atomic mass is 10.00. The van der Waals surface area contributed by atoms with Crippen LogP contribution < -0.4 is 5.73 Å². The average molecular weight is 260 g/mol. The van der Waals surface area contributed by atoms with Gasteiger partial charge >= 0.3 is 0 Å². The molecule has 0 bridgehead atoms. The predicted molar refractivity (Wildman–Crippen MR) is 73.7 cm³/mol. The van der Waals surface area contributed by atoms with E-state index in [1.807, 2.05) is 24.0 Å². The van der Waals surface area contributed by atoms with Crippen molar-refractivity contribution in [1.29, 1.82) is 0 Å². The Balaban J connectivity index is 1.78. The topological polar surface area (TPSA) is 66.6 Å². The van der Waals surface area contributed by atoms with Crippen molar-refractivity contribution in [2.24, 2.45) is 11.8 Å². The van der Waals surface area contributed by atoms with E-state index in [0.29, 0.717) is 23.7 Å². The lowest BCUT2D eigenvalue weighted by Gasteiger charge is -2.19. The quantitative estimate of drug-likeness (QED) is 0.750. The molecule has 3 rings (SSSR count). The van der Waals surface area contributed by atoms with Gasteiger partial charge in [0.2, 0.25) is 0 Å². The number of rotatable bonds is 1. The van der Waals surface area contributed by atoms with Gasteiger partial charge < -0.3 is 15.7 Å². The Kier molecular flexibility index (Phi) is 2.97. The highest BCUT2D eigenvalue weighted by atomic mass is 16.3. The van der Waals surface area contributed by atoms with Crippen LogP contribution in [0.15, 0.2) is 18.2 Å². The van der Waals surface area contributed by atoms with Gasteiger partial charge in [-0.05, 0) is 43.4 Å². The van der Waals surface area contributed by atoms with Crippen molar-refractivity contribution in [3.05, 3.63) is 29.3 Å². The molecule has 1 aromatic rings. The highest BCUT2D eigenvalue weighted by Crippen LogP contribution is 2.38. The maximum atomic E-state index is 12.5. The minimum Gasteiger partial charge on any atom is -0.398 e. The maximum Gasteiger partial charge on any atom is 0.255 e. The Bertz CT molecular complexity index is 515. The van der Waals surface area contributed by atoms with E-state index in [1.165, 1.54) is 0 Å². The fourth-order valence-electron chi connectivity index (χ4n) is 3.45. The van der Waals surface area contributed by atoms with Crippen molar-refractivity contribution < 1.29 is 9.90 Å². The fourth-order valence-corrected chi connectivity index (χ4v) is 3.45. The molecule has 3 unspecified atom stereocenters. The van der Waals surface area contributed by atoms with Crippen LogP contribution in [0.2, 0.25) is 0 Å². The Hall–Kier alpha value is -1.55. The van der Waals surface area contributed by atoms with E-state index < -0.39 is 0 Å². The molecule has 0 aromatic heterocycles. The van der Waals surface area contributed by atoms with Crippen LogP contribution >= 0.6 is 0 Å². The Morgan fingerprint density at radius 1 is 1.37 bits per heavy atom. The minimum atomic E-state index is -0.238. The summed E-state index contributed by atoms with van der Waals surface area (Å²) in [4.78, 5) is 14.3. The number of fused-ring (bicyclic) bond motifs is 1. The molecule has 0 radical (unpaired) electrons. The van der Waals surface area contributed by atoms with E-state index in [1.54, 1.807) is 6.07 Å². The van der Waals surface area contributed by atoms with Crippen molar-refractivity contribution in [3.63, 3.8) is 0 Å². The number of hydrogen-bond donors (Lipinski definition) is 2. The third-order valence-corrected chi connectivity index (χ3v) is 4.54. The number of amides is 1. The van der Waals surface area contributed by atoms with Gasteiger partial charge in [-0.3, -0.25) is 4.79 Å². The standard InChI is InChI=1S/C15H20N2O2/c1-9-2-4-11(13(16)6-9)15(19)17-7-10-3-5-14(18)12(10)8-17/h2,4,6,10,12,14,18H,3,5,7-8,16H2,1H3. The molecule has 0 spiro atoms. The smallest absolute Gasteiger partial charge is 0.255 e. The predicted octanol–water partition coefficient (Wildman–Crippen LogP) is 1.42. The van der Waals surface area contributed by atoms with Crippen LogP contribution in [0.5, 0.6) is 0 Å². The molecule has 2 fully saturated rings. The van der Waals surface area contributed by atoms with Crippen LogP contribution in [0, 0.1) is 18.8 Å². The highest BCUT2D eigenvalue weighted by molar-refractivity contribution is 5.99. The van der Waals surface area contributed by atoms with E-state index >= 15 is 0 Å². The molecule has 1 amide bonds. The van der Waals surface area contributed by atoms with E-state index in [9.17, 15) is 9.90 Å². The number of carbonyl (C=O) groups is 1. The van der Waals surface area contributed by atoms with Crippen molar-refractivity contribution in [1.82, 2.24) is 4.90 Å². The molecule has 1 aliphatic carbocycles. The van der Waals surface area contributed by atoms with Crippen LogP contribution in [0.3, 0.4) is 0 Å². The van der Waals surface area contributed by atoms with Gasteiger partial charge in [-0.1, -0.05) is 6.07 Å². The summed E-state index contributed by atoms with van der Waals surface area (Å²) in [5.74, 6) is 0.723. The number of likely N-dealkylation sites (tertiary alicyclic amines) is 1. The summed E-state index contributed by atoms with van der Waals surface area (Å²) >= 11 is 0. The molecule has 1 aromatic carbocycles. The van der Waals surface area contributed by atoms with Gasteiger partial charge in [0.05, 0.1) is 11.7 Å². The van der Waals surface area contributed by atoms with E-state index in [2.05, 4.69) is 0 Å². The van der Waals surface area contributed by atoms with Crippen molar-refractivity contribution >= 4 is 11.6 Å². The van der Waals surface area contributed by atoms with Gasteiger partial charge in [0.1, 0.15) is 0 Å².